The van der Waals surface area contributed by atoms with Gasteiger partial charge in [-0.15, -0.1) is 12.6 Å². The molecule has 0 spiro atoms. The second-order valence-corrected chi connectivity index (χ2v) is 32.2. The number of aliphatic imine (C=N–C) groups is 1. The minimum Gasteiger partial charge on any atom is -1.00 e. The van der Waals surface area contributed by atoms with Gasteiger partial charge in [0.1, 0.15) is 12.1 Å². The van der Waals surface area contributed by atoms with Crippen LogP contribution in [0.1, 0.15) is 129 Å². The third-order valence-electron chi connectivity index (χ3n) is 17.0. The van der Waals surface area contributed by atoms with Gasteiger partial charge in [-0.05, 0) is 181 Å². The van der Waals surface area contributed by atoms with Crippen molar-refractivity contribution in [3.63, 3.8) is 0 Å². The number of carbonyl (C=O) groups is 12. The fourth-order valence-electron chi connectivity index (χ4n) is 10.8. The number of carbonyl (C=O) groups excluding carboxylic acids is 7. The number of carboxylic acids is 5. The zero-order valence-corrected chi connectivity index (χ0v) is 93.8. The van der Waals surface area contributed by atoms with E-state index >= 15 is 0 Å². The van der Waals surface area contributed by atoms with Gasteiger partial charge in [0.25, 0.3) is 29.0 Å². The SMILES string of the molecule is CCOC(=O)c1ccc(Sc2ccccc2C(=O)OC)c([N+](=O)[O-])c1.COC(=O)c1ccccc1S.Nc1cc(C(=O)O)ccc1Sc1ccccc1C(=O)O.O=C(Cl)c1ccc2c(c1)N=C(Cl)c1ccccc1S2.O=C(O)c1ccc(Sc2ccccc2C(=O)O)c([N+](=O)[O-])c1.O=C(O)c1ccc2c(c1)NC(=O)c1ccccc1S2.O=CO[O-].[2H]CI.[CH2+]COC(=O)c1ccc(F)c([N+](=O)[O-])c1.[Cs+].[Cs+].[H-]. The van der Waals surface area contributed by atoms with E-state index in [0.29, 0.717) is 78.8 Å². The number of hydrogen-bond acceptors (Lipinski definition) is 32. The van der Waals surface area contributed by atoms with Crippen molar-refractivity contribution < 1.29 is 272 Å². The van der Waals surface area contributed by atoms with Crippen LogP contribution in [0.5, 0.6) is 0 Å². The quantitative estimate of drug-likeness (QED) is 0.00254. The number of rotatable bonds is 22. The number of nitrogens with one attached hydrogen (secondary N) is 1. The molecule has 35 nitrogen and oxygen atoms in total. The van der Waals surface area contributed by atoms with Gasteiger partial charge in [0.05, 0.1) is 112 Å². The average Bonchev–Trinajstić information content (AvgIpc) is 1.70. The predicted octanol–water partition coefficient (Wildman–Crippen LogP) is 14.7. The molecule has 0 saturated heterocycles. The molecule has 0 unspecified atom stereocenters. The molecule has 47 heteroatoms. The molecule has 12 aromatic rings. The number of halogens is 4. The first-order valence-electron chi connectivity index (χ1n) is 38.6. The number of aromatic carboxylic acids is 5. The summed E-state index contributed by atoms with van der Waals surface area (Å²) < 4.78 is 37.7. The summed E-state index contributed by atoms with van der Waals surface area (Å²) >= 11 is 23.9. The van der Waals surface area contributed by atoms with Crippen molar-refractivity contribution in [2.24, 2.45) is 4.99 Å². The molecule has 2 heterocycles. The zero-order valence-electron chi connectivity index (χ0n) is 74.6. The Balaban J connectivity index is 0.000000420. The van der Waals surface area contributed by atoms with E-state index in [2.05, 4.69) is 44.2 Å². The van der Waals surface area contributed by atoms with Crippen molar-refractivity contribution in [3.05, 3.63) is 365 Å². The molecule has 12 aromatic carbocycles. The van der Waals surface area contributed by atoms with Crippen LogP contribution in [-0.2, 0) is 28.6 Å². The van der Waals surface area contributed by atoms with Crippen LogP contribution in [-0.4, -0.2) is 149 Å². The monoisotopic (exact) mass is 2400 g/mol. The maximum Gasteiger partial charge on any atom is 1.00 e. The van der Waals surface area contributed by atoms with Crippen molar-refractivity contribution in [3.8, 4) is 0 Å². The molecule has 1 amide bonds. The minimum atomic E-state index is -1.27. The molecular formula is C92H71Cl2Cs2FIN6O29S6+. The van der Waals surface area contributed by atoms with E-state index in [-0.39, 0.29) is 226 Å². The Morgan fingerprint density at radius 3 is 1.37 bits per heavy atom. The van der Waals surface area contributed by atoms with Gasteiger partial charge in [-0.3, -0.25) is 44.7 Å². The number of esters is 4. The number of thiol groups is 1. The van der Waals surface area contributed by atoms with Crippen LogP contribution < -0.4 is 154 Å². The van der Waals surface area contributed by atoms with Gasteiger partial charge in [-0.25, -0.2) is 48.1 Å². The van der Waals surface area contributed by atoms with Crippen LogP contribution in [0.15, 0.2) is 314 Å². The second kappa shape index (κ2) is 61.9. The summed E-state index contributed by atoms with van der Waals surface area (Å²) in [6, 6.07) is 66.0. The summed E-state index contributed by atoms with van der Waals surface area (Å²) in [6.07, 6.45) is 0. The number of nitrogens with two attached hydrogens (primary N) is 1. The number of nitrogens with zero attached hydrogens (tertiary/aromatic N) is 4. The van der Waals surface area contributed by atoms with E-state index in [1.54, 1.807) is 128 Å². The van der Waals surface area contributed by atoms with E-state index in [1.807, 2.05) is 71.1 Å². The molecule has 0 saturated carbocycles. The Morgan fingerprint density at radius 2 is 0.899 bits per heavy atom. The Hall–Kier alpha value is -10.6. The van der Waals surface area contributed by atoms with Gasteiger partial charge in [0.2, 0.25) is 12.4 Å². The Morgan fingerprint density at radius 1 is 0.518 bits per heavy atom. The standard InChI is InChI=1S/C17H15NO6S.C14H7Cl2NOS.C14H9NO6S.C14H11NO4S.C14H9NO3S.C9H7FNO4.C8H8O2S.CH3I.CH2O3.2Cs.H/c1-3-24-16(19)11-8-9-15(13(10-11)18(21)22)25-14-7-5-4-6-12(14)17(20)23-2;15-13-9-3-1-2-4-11(9)19-12-6-5-8(14(16)18)7-10(12)17-13;16-13(17)8-5-6-12(10(7-8)15(20)21)22-11-4-2-1-3-9(11)14(18)19;15-10-7-8(13(16)17)5-6-12(10)20-11-4-2-1-3-9(11)14(18)19;16-13-9-3-1-2-4-11(9)19-12-6-5-8(14(17)18)7-10(12)15-13;1-2-15-9(12)6-3-4-7(10)8(5-6)11(13)14;1-10-8(9)6-4-2-3-5-7(6)11;1-2;2-1-4-3;;;/h4-10H,3H2,1-2H3;1-7H;1-7H,(H,16,17)(H,18,19);1-7H,15H2,(H,16,17)(H,18,19);1-7H,(H,15,16)(H,17,18);3-5H,1-2H2;2-5,11H,1H3;1H3;1,3H;;;/q;;;;;+1;;;;2*+1;-1/p-1/i;;;;;;;1D;;;;. The van der Waals surface area contributed by atoms with Crippen molar-refractivity contribution in [2.75, 3.05) is 43.4 Å². The van der Waals surface area contributed by atoms with Crippen molar-refractivity contribution in [1.82, 2.24) is 0 Å². The molecule has 14 rings (SSSR count). The van der Waals surface area contributed by atoms with E-state index in [0.717, 1.165) is 72.9 Å². The summed E-state index contributed by atoms with van der Waals surface area (Å²) in [6.45, 7) is 4.83. The summed E-state index contributed by atoms with van der Waals surface area (Å²) in [5, 5.41) is 88.9. The van der Waals surface area contributed by atoms with Crippen LogP contribution >= 0.6 is 117 Å². The molecule has 0 aliphatic carbocycles. The number of ether oxygens (including phenoxy) is 4. The number of carboxylic acid groups (broad SMARTS) is 5. The summed E-state index contributed by atoms with van der Waals surface area (Å²) in [5.74, 6) is -9.00. The van der Waals surface area contributed by atoms with Crippen molar-refractivity contribution >= 4 is 228 Å². The molecule has 0 fully saturated rings. The fraction of sp³-hybridized carbons (Fsp3) is 0.0652. The number of amides is 1. The molecule has 708 valence electrons. The van der Waals surface area contributed by atoms with Crippen LogP contribution in [0, 0.1) is 43.1 Å². The molecule has 0 bridgehead atoms. The van der Waals surface area contributed by atoms with Crippen LogP contribution in [0.4, 0.5) is 38.5 Å². The topological polar surface area (TPSA) is 555 Å². The van der Waals surface area contributed by atoms with Crippen molar-refractivity contribution in [2.45, 2.75) is 60.8 Å². The number of fused-ring (bicyclic) bond motifs is 4. The summed E-state index contributed by atoms with van der Waals surface area (Å²) in [5.41, 5.74) is 8.89. The van der Waals surface area contributed by atoms with E-state index in [1.165, 1.54) is 111 Å². The number of alkyl halides is 1. The minimum absolute atomic E-state index is 0. The van der Waals surface area contributed by atoms with Gasteiger partial charge >= 0.3 is 197 Å². The van der Waals surface area contributed by atoms with Gasteiger partial charge in [-0.1, -0.05) is 172 Å². The normalized spacial score (nSPS) is 10.5. The van der Waals surface area contributed by atoms with E-state index in [4.69, 9.17) is 75.4 Å². The molecule has 0 radical (unpaired) electrons. The predicted molar refractivity (Wildman–Crippen MR) is 517 cm³/mol. The molecule has 8 N–H and O–H groups in total. The summed E-state index contributed by atoms with van der Waals surface area (Å²) in [7, 11) is 2.61. The molecule has 139 heavy (non-hydrogen) atoms. The number of hydrogen-bond donors (Lipinski definition) is 8. The maximum atomic E-state index is 12.9. The Kier molecular flexibility index (Phi) is 52.9. The number of nitro benzene ring substituents is 3. The first-order chi connectivity index (χ1) is 65.8. The van der Waals surface area contributed by atoms with Crippen LogP contribution in [0.2, 0.25) is 0 Å². The van der Waals surface area contributed by atoms with Gasteiger partial charge in [0.15, 0.2) is 0 Å². The largest absolute Gasteiger partial charge is 1.00 e. The molecule has 0 aromatic heterocycles. The van der Waals surface area contributed by atoms with Gasteiger partial charge < -0.3 is 67.1 Å². The zero-order chi connectivity index (χ0) is 102. The average molecular weight is 2400 g/mol. The number of nitro groups is 3. The third kappa shape index (κ3) is 37.1. The number of nitrogen functional groups attached to an aromatic ring is 1. The molecule has 2 aliphatic rings. The second-order valence-electron chi connectivity index (χ2n) is 25.6. The van der Waals surface area contributed by atoms with E-state index in [9.17, 15) is 87.5 Å². The summed E-state index contributed by atoms with van der Waals surface area (Å²) in [4.78, 5) is 177. The Bertz CT molecular complexity index is 6630. The van der Waals surface area contributed by atoms with Crippen molar-refractivity contribution in [1.29, 1.82) is 0 Å². The first-order valence-corrected chi connectivity index (χ1v) is 44.7. The smallest absolute Gasteiger partial charge is 1.00 e. The maximum absolute atomic E-state index is 12.9. The fourth-order valence-corrected chi connectivity index (χ4v) is 16.5. The van der Waals surface area contributed by atoms with Gasteiger partial charge in [0, 0.05) is 80.4 Å². The molecule has 0 atom stereocenters. The van der Waals surface area contributed by atoms with Crippen LogP contribution in [0.25, 0.3) is 0 Å². The molecule has 2 aliphatic heterocycles. The first kappa shape index (κ1) is 119. The number of anilines is 2. The van der Waals surface area contributed by atoms with E-state index < -0.39 is 79.3 Å². The van der Waals surface area contributed by atoms with Crippen LogP contribution in [0.3, 0.4) is 0 Å². The Labute approximate surface area is 960 Å². The van der Waals surface area contributed by atoms with Gasteiger partial charge in [-0.2, -0.15) is 4.39 Å². The third-order valence-corrected chi connectivity index (χ3v) is 23.7. The molecular weight excluding hydrogens is 2330 g/mol. The number of benzene rings is 12. The number of methoxy groups -OCH3 is 2.